The minimum Gasteiger partial charge on any atom is -0.342 e. The third-order valence-corrected chi connectivity index (χ3v) is 4.80. The van der Waals surface area contributed by atoms with Crippen molar-refractivity contribution in [2.45, 2.75) is 31.6 Å². The van der Waals surface area contributed by atoms with Gasteiger partial charge in [0.05, 0.1) is 11.3 Å². The lowest BCUT2D eigenvalue weighted by atomic mass is 9.94. The molecule has 130 valence electrons. The van der Waals surface area contributed by atoms with E-state index in [1.165, 1.54) is 17.7 Å². The van der Waals surface area contributed by atoms with Gasteiger partial charge in [0.15, 0.2) is 0 Å². The first kappa shape index (κ1) is 17.1. The van der Waals surface area contributed by atoms with Gasteiger partial charge in [0.1, 0.15) is 0 Å². The van der Waals surface area contributed by atoms with E-state index in [4.69, 9.17) is 0 Å². The molecular weight excluding hydrogens is 316 g/mol. The summed E-state index contributed by atoms with van der Waals surface area (Å²) in [5, 5.41) is 10.7. The van der Waals surface area contributed by atoms with Crippen LogP contribution < -0.4 is 0 Å². The molecule has 0 bridgehead atoms. The van der Waals surface area contributed by atoms with Gasteiger partial charge in [-0.2, -0.15) is 0 Å². The second-order valence-electron chi connectivity index (χ2n) is 6.54. The van der Waals surface area contributed by atoms with Gasteiger partial charge in [0.2, 0.25) is 5.91 Å². The van der Waals surface area contributed by atoms with E-state index in [1.807, 2.05) is 23.1 Å². The van der Waals surface area contributed by atoms with Crippen LogP contribution in [0.5, 0.6) is 0 Å². The van der Waals surface area contributed by atoms with E-state index in [0.717, 1.165) is 37.9 Å². The number of non-ortho nitro benzene ring substituents is 1. The number of likely N-dealkylation sites (tertiary alicyclic amines) is 1. The summed E-state index contributed by atoms with van der Waals surface area (Å²) in [6.07, 6.45) is 3.54. The Labute approximate surface area is 147 Å². The quantitative estimate of drug-likeness (QED) is 0.627. The highest BCUT2D eigenvalue weighted by molar-refractivity contribution is 5.79. The Morgan fingerprint density at radius 3 is 2.48 bits per heavy atom. The second-order valence-corrected chi connectivity index (χ2v) is 6.54. The molecule has 1 fully saturated rings. The SMILES string of the molecule is O=C(Cc1ccc([N+](=O)[O-])cc1)N1CCCCC(c2ccccc2)C1. The summed E-state index contributed by atoms with van der Waals surface area (Å²) in [6.45, 7) is 1.53. The number of nitro groups is 1. The molecule has 1 saturated heterocycles. The smallest absolute Gasteiger partial charge is 0.269 e. The zero-order valence-corrected chi connectivity index (χ0v) is 14.1. The van der Waals surface area contributed by atoms with E-state index >= 15 is 0 Å². The maximum Gasteiger partial charge on any atom is 0.269 e. The lowest BCUT2D eigenvalue weighted by Crippen LogP contribution is -2.35. The van der Waals surface area contributed by atoms with Crippen LogP contribution in [0.1, 0.15) is 36.3 Å². The van der Waals surface area contributed by atoms with Gasteiger partial charge in [0, 0.05) is 31.1 Å². The summed E-state index contributed by atoms with van der Waals surface area (Å²) in [6, 6.07) is 16.6. The van der Waals surface area contributed by atoms with Crippen molar-refractivity contribution in [2.75, 3.05) is 13.1 Å². The van der Waals surface area contributed by atoms with Crippen LogP contribution in [0.3, 0.4) is 0 Å². The van der Waals surface area contributed by atoms with E-state index in [0.29, 0.717) is 12.3 Å². The number of hydrogen-bond donors (Lipinski definition) is 0. The van der Waals surface area contributed by atoms with Crippen molar-refractivity contribution in [3.8, 4) is 0 Å². The molecule has 2 aromatic carbocycles. The first-order valence-corrected chi connectivity index (χ1v) is 8.69. The van der Waals surface area contributed by atoms with E-state index < -0.39 is 4.92 Å². The molecule has 1 atom stereocenters. The van der Waals surface area contributed by atoms with Crippen molar-refractivity contribution in [3.05, 3.63) is 75.8 Å². The number of carbonyl (C=O) groups excluding carboxylic acids is 1. The molecule has 1 aliphatic heterocycles. The molecule has 0 N–H and O–H groups in total. The summed E-state index contributed by atoms with van der Waals surface area (Å²) in [7, 11) is 0. The molecule has 1 amide bonds. The first-order chi connectivity index (χ1) is 12.1. The fraction of sp³-hybridized carbons (Fsp3) is 0.350. The molecule has 1 unspecified atom stereocenters. The van der Waals surface area contributed by atoms with Crippen molar-refractivity contribution < 1.29 is 9.72 Å². The standard InChI is InChI=1S/C20H22N2O3/c23-20(14-16-9-11-19(12-10-16)22(24)25)21-13-5-4-8-18(15-21)17-6-2-1-3-7-17/h1-3,6-7,9-12,18H,4-5,8,13-15H2. The maximum absolute atomic E-state index is 12.7. The zero-order chi connectivity index (χ0) is 17.6. The van der Waals surface area contributed by atoms with E-state index in [2.05, 4.69) is 12.1 Å². The van der Waals surface area contributed by atoms with Gasteiger partial charge in [-0.15, -0.1) is 0 Å². The highest BCUT2D eigenvalue weighted by atomic mass is 16.6. The molecule has 0 saturated carbocycles. The van der Waals surface area contributed by atoms with Gasteiger partial charge < -0.3 is 4.90 Å². The molecule has 0 aliphatic carbocycles. The third-order valence-electron chi connectivity index (χ3n) is 4.80. The molecular formula is C20H22N2O3. The van der Waals surface area contributed by atoms with Crippen LogP contribution in [-0.2, 0) is 11.2 Å². The minimum atomic E-state index is -0.426. The van der Waals surface area contributed by atoms with Gasteiger partial charge in [-0.3, -0.25) is 14.9 Å². The van der Waals surface area contributed by atoms with Crippen molar-refractivity contribution in [1.82, 2.24) is 4.90 Å². The Morgan fingerprint density at radius 1 is 1.08 bits per heavy atom. The summed E-state index contributed by atoms with van der Waals surface area (Å²) in [5.74, 6) is 0.473. The average molecular weight is 338 g/mol. The van der Waals surface area contributed by atoms with Gasteiger partial charge in [-0.1, -0.05) is 48.9 Å². The molecule has 0 radical (unpaired) electrons. The fourth-order valence-electron chi connectivity index (χ4n) is 3.39. The average Bonchev–Trinajstić information content (AvgIpc) is 2.89. The molecule has 1 heterocycles. The predicted octanol–water partition coefficient (Wildman–Crippen LogP) is 3.93. The molecule has 2 aromatic rings. The molecule has 3 rings (SSSR count). The number of hydrogen-bond acceptors (Lipinski definition) is 3. The Kier molecular flexibility index (Phi) is 5.43. The zero-order valence-electron chi connectivity index (χ0n) is 14.1. The third kappa shape index (κ3) is 4.44. The highest BCUT2D eigenvalue weighted by Gasteiger charge is 2.23. The summed E-state index contributed by atoms with van der Waals surface area (Å²) < 4.78 is 0. The second kappa shape index (κ2) is 7.92. The number of rotatable bonds is 4. The van der Waals surface area contributed by atoms with Gasteiger partial charge in [0.25, 0.3) is 5.69 Å². The van der Waals surface area contributed by atoms with Crippen molar-refractivity contribution in [1.29, 1.82) is 0 Å². The van der Waals surface area contributed by atoms with Gasteiger partial charge in [-0.25, -0.2) is 0 Å². The fourth-order valence-corrected chi connectivity index (χ4v) is 3.39. The number of amides is 1. The topological polar surface area (TPSA) is 63.4 Å². The number of nitrogens with zero attached hydrogens (tertiary/aromatic N) is 2. The summed E-state index contributed by atoms with van der Waals surface area (Å²) in [4.78, 5) is 25.0. The number of nitro benzene ring substituents is 1. The molecule has 1 aliphatic rings. The van der Waals surface area contributed by atoms with E-state index in [9.17, 15) is 14.9 Å². The Morgan fingerprint density at radius 2 is 1.80 bits per heavy atom. The largest absolute Gasteiger partial charge is 0.342 e. The predicted molar refractivity (Wildman–Crippen MR) is 96.4 cm³/mol. The van der Waals surface area contributed by atoms with Crippen molar-refractivity contribution in [3.63, 3.8) is 0 Å². The van der Waals surface area contributed by atoms with Gasteiger partial charge in [-0.05, 0) is 24.0 Å². The van der Waals surface area contributed by atoms with Crippen LogP contribution in [-0.4, -0.2) is 28.8 Å². The molecule has 0 aromatic heterocycles. The summed E-state index contributed by atoms with van der Waals surface area (Å²) in [5.41, 5.74) is 2.16. The van der Waals surface area contributed by atoms with E-state index in [1.54, 1.807) is 12.1 Å². The minimum absolute atomic E-state index is 0.0510. The normalized spacial score (nSPS) is 17.8. The van der Waals surface area contributed by atoms with Crippen molar-refractivity contribution >= 4 is 11.6 Å². The van der Waals surface area contributed by atoms with E-state index in [-0.39, 0.29) is 11.6 Å². The van der Waals surface area contributed by atoms with Crippen molar-refractivity contribution in [2.24, 2.45) is 0 Å². The molecule has 0 spiro atoms. The number of carbonyl (C=O) groups is 1. The van der Waals surface area contributed by atoms with Crippen LogP contribution in [0.2, 0.25) is 0 Å². The van der Waals surface area contributed by atoms with Crippen LogP contribution in [0.25, 0.3) is 0 Å². The van der Waals surface area contributed by atoms with Gasteiger partial charge >= 0.3 is 0 Å². The number of benzene rings is 2. The van der Waals surface area contributed by atoms with Crippen LogP contribution in [0.4, 0.5) is 5.69 Å². The lowest BCUT2D eigenvalue weighted by molar-refractivity contribution is -0.384. The Bertz CT molecular complexity index is 728. The Balaban J connectivity index is 1.67. The highest BCUT2D eigenvalue weighted by Crippen LogP contribution is 2.26. The maximum atomic E-state index is 12.7. The first-order valence-electron chi connectivity index (χ1n) is 8.69. The lowest BCUT2D eigenvalue weighted by Gasteiger charge is -2.25. The Hall–Kier alpha value is -2.69. The summed E-state index contributed by atoms with van der Waals surface area (Å²) >= 11 is 0. The monoisotopic (exact) mass is 338 g/mol. The van der Waals surface area contributed by atoms with Crippen LogP contribution >= 0.6 is 0 Å². The molecule has 5 nitrogen and oxygen atoms in total. The van der Waals surface area contributed by atoms with Crippen LogP contribution in [0, 0.1) is 10.1 Å². The molecule has 5 heteroatoms. The molecule has 25 heavy (non-hydrogen) atoms. The van der Waals surface area contributed by atoms with Crippen LogP contribution in [0.15, 0.2) is 54.6 Å².